The van der Waals surface area contributed by atoms with Gasteiger partial charge in [0, 0.05) is 18.1 Å². The van der Waals surface area contributed by atoms with Crippen LogP contribution in [0.5, 0.6) is 11.5 Å². The molecule has 4 rings (SSSR count). The summed E-state index contributed by atoms with van der Waals surface area (Å²) in [5, 5.41) is 4.28. The van der Waals surface area contributed by atoms with Crippen molar-refractivity contribution in [1.29, 1.82) is 0 Å². The molecule has 0 atom stereocenters. The SMILES string of the molecule is CCCn1cc(-c2nc(-c3cccc(OC)c3OC)no2)c(=O)c2cc(F)ccc21. The van der Waals surface area contributed by atoms with Gasteiger partial charge in [0.25, 0.3) is 5.89 Å². The highest BCUT2D eigenvalue weighted by atomic mass is 19.1. The molecule has 0 aliphatic heterocycles. The van der Waals surface area contributed by atoms with E-state index in [0.717, 1.165) is 6.42 Å². The number of ether oxygens (including phenoxy) is 2. The van der Waals surface area contributed by atoms with Gasteiger partial charge in [-0.2, -0.15) is 4.98 Å². The third-order valence-corrected chi connectivity index (χ3v) is 4.81. The molecule has 0 bridgehead atoms. The first kappa shape index (κ1) is 19.6. The van der Waals surface area contributed by atoms with Gasteiger partial charge in [-0.3, -0.25) is 4.79 Å². The van der Waals surface area contributed by atoms with Crippen LogP contribution in [0.4, 0.5) is 4.39 Å². The molecule has 0 N–H and O–H groups in total. The molecule has 30 heavy (non-hydrogen) atoms. The highest BCUT2D eigenvalue weighted by molar-refractivity contribution is 5.83. The zero-order valence-electron chi connectivity index (χ0n) is 16.8. The van der Waals surface area contributed by atoms with Crippen molar-refractivity contribution in [3.8, 4) is 34.3 Å². The molecule has 0 aliphatic carbocycles. The fourth-order valence-electron chi connectivity index (χ4n) is 3.45. The number of halogens is 1. The minimum atomic E-state index is -0.480. The van der Waals surface area contributed by atoms with Gasteiger partial charge in [-0.15, -0.1) is 0 Å². The van der Waals surface area contributed by atoms with Crippen molar-refractivity contribution in [3.05, 3.63) is 58.6 Å². The van der Waals surface area contributed by atoms with Crippen LogP contribution in [0.2, 0.25) is 0 Å². The molecule has 0 fully saturated rings. The lowest BCUT2D eigenvalue weighted by molar-refractivity contribution is 0.355. The number of hydrogen-bond donors (Lipinski definition) is 0. The third-order valence-electron chi connectivity index (χ3n) is 4.81. The Labute approximate surface area is 171 Å². The predicted octanol–water partition coefficient (Wildman–Crippen LogP) is 4.28. The van der Waals surface area contributed by atoms with Crippen molar-refractivity contribution in [2.75, 3.05) is 14.2 Å². The Balaban J connectivity index is 1.88. The van der Waals surface area contributed by atoms with E-state index in [-0.39, 0.29) is 28.1 Å². The normalized spacial score (nSPS) is 11.1. The van der Waals surface area contributed by atoms with Crippen molar-refractivity contribution in [3.63, 3.8) is 0 Å². The maximum Gasteiger partial charge on any atom is 0.263 e. The number of aromatic nitrogens is 3. The summed E-state index contributed by atoms with van der Waals surface area (Å²) in [6.07, 6.45) is 2.51. The lowest BCUT2D eigenvalue weighted by atomic mass is 10.1. The Hall–Kier alpha value is -3.68. The van der Waals surface area contributed by atoms with E-state index < -0.39 is 5.82 Å². The van der Waals surface area contributed by atoms with Crippen LogP contribution in [0.15, 0.2) is 51.9 Å². The van der Waals surface area contributed by atoms with Gasteiger partial charge in [0.1, 0.15) is 11.4 Å². The fourth-order valence-corrected chi connectivity index (χ4v) is 3.45. The Kier molecular flexibility index (Phi) is 5.22. The summed E-state index contributed by atoms with van der Waals surface area (Å²) in [5.41, 5.74) is 1.06. The maximum absolute atomic E-state index is 13.8. The second-order valence-corrected chi connectivity index (χ2v) is 6.69. The zero-order valence-corrected chi connectivity index (χ0v) is 16.8. The summed E-state index contributed by atoms with van der Waals surface area (Å²) >= 11 is 0. The minimum absolute atomic E-state index is 0.0517. The summed E-state index contributed by atoms with van der Waals surface area (Å²) in [4.78, 5) is 17.5. The van der Waals surface area contributed by atoms with Crippen LogP contribution in [-0.2, 0) is 6.54 Å². The molecular weight excluding hydrogens is 389 g/mol. The largest absolute Gasteiger partial charge is 0.493 e. The number of nitrogens with zero attached hydrogens (tertiary/aromatic N) is 3. The number of rotatable bonds is 6. The van der Waals surface area contributed by atoms with E-state index in [1.54, 1.807) is 30.5 Å². The average Bonchev–Trinajstić information content (AvgIpc) is 3.25. The van der Waals surface area contributed by atoms with Crippen LogP contribution in [-0.4, -0.2) is 28.9 Å². The highest BCUT2D eigenvalue weighted by Crippen LogP contribution is 2.37. The number of fused-ring (bicyclic) bond motifs is 1. The van der Waals surface area contributed by atoms with Crippen molar-refractivity contribution < 1.29 is 18.4 Å². The molecule has 0 saturated carbocycles. The molecule has 8 heteroatoms. The summed E-state index contributed by atoms with van der Waals surface area (Å²) in [6.45, 7) is 2.67. The number of hydrogen-bond acceptors (Lipinski definition) is 6. The lowest BCUT2D eigenvalue weighted by Gasteiger charge is -2.11. The molecule has 2 aromatic carbocycles. The first-order valence-electron chi connectivity index (χ1n) is 9.45. The summed E-state index contributed by atoms with van der Waals surface area (Å²) in [6, 6.07) is 9.47. The Morgan fingerprint density at radius 1 is 1.13 bits per heavy atom. The molecule has 4 aromatic rings. The van der Waals surface area contributed by atoms with Gasteiger partial charge in [-0.05, 0) is 36.8 Å². The van der Waals surface area contributed by atoms with E-state index in [0.29, 0.717) is 29.1 Å². The maximum atomic E-state index is 13.8. The average molecular weight is 409 g/mol. The molecule has 0 spiro atoms. The predicted molar refractivity (Wildman–Crippen MR) is 110 cm³/mol. The van der Waals surface area contributed by atoms with E-state index >= 15 is 0 Å². The summed E-state index contributed by atoms with van der Waals surface area (Å²) in [5.74, 6) is 0.800. The Morgan fingerprint density at radius 3 is 2.70 bits per heavy atom. The number of benzene rings is 2. The van der Waals surface area contributed by atoms with Gasteiger partial charge < -0.3 is 18.6 Å². The molecule has 0 aliphatic rings. The van der Waals surface area contributed by atoms with Crippen LogP contribution in [0.1, 0.15) is 13.3 Å². The standard InChI is InChI=1S/C22H20FN3O4/c1-4-10-26-12-16(19(27)15-11-13(23)8-9-17(15)26)22-24-21(25-30-22)14-6-5-7-18(28-2)20(14)29-3/h5-9,11-12H,4,10H2,1-3H3. The van der Waals surface area contributed by atoms with Crippen molar-refractivity contribution in [1.82, 2.24) is 14.7 Å². The van der Waals surface area contributed by atoms with Crippen LogP contribution in [0.25, 0.3) is 33.7 Å². The molecular formula is C22H20FN3O4. The molecule has 154 valence electrons. The smallest absolute Gasteiger partial charge is 0.263 e. The number of pyridine rings is 1. The molecule has 0 radical (unpaired) electrons. The van der Waals surface area contributed by atoms with E-state index in [2.05, 4.69) is 10.1 Å². The first-order chi connectivity index (χ1) is 14.6. The van der Waals surface area contributed by atoms with Gasteiger partial charge in [0.15, 0.2) is 11.5 Å². The Bertz CT molecular complexity index is 1280. The van der Waals surface area contributed by atoms with Crippen LogP contribution < -0.4 is 14.9 Å². The second kappa shape index (κ2) is 7.98. The van der Waals surface area contributed by atoms with Gasteiger partial charge in [-0.1, -0.05) is 18.1 Å². The van der Waals surface area contributed by atoms with Crippen molar-refractivity contribution in [2.45, 2.75) is 19.9 Å². The van der Waals surface area contributed by atoms with Crippen LogP contribution in [0.3, 0.4) is 0 Å². The van der Waals surface area contributed by atoms with Crippen LogP contribution in [0, 0.1) is 5.82 Å². The summed E-state index contributed by atoms with van der Waals surface area (Å²) < 4.78 is 31.9. The topological polar surface area (TPSA) is 79.4 Å². The van der Waals surface area contributed by atoms with E-state index in [4.69, 9.17) is 14.0 Å². The monoisotopic (exact) mass is 409 g/mol. The van der Waals surface area contributed by atoms with E-state index in [9.17, 15) is 9.18 Å². The van der Waals surface area contributed by atoms with Gasteiger partial charge >= 0.3 is 0 Å². The zero-order chi connectivity index (χ0) is 21.3. The van der Waals surface area contributed by atoms with Gasteiger partial charge in [0.05, 0.1) is 25.3 Å². The van der Waals surface area contributed by atoms with E-state index in [1.807, 2.05) is 11.5 Å². The summed E-state index contributed by atoms with van der Waals surface area (Å²) in [7, 11) is 3.05. The van der Waals surface area contributed by atoms with Crippen LogP contribution >= 0.6 is 0 Å². The molecule has 0 unspecified atom stereocenters. The molecule has 7 nitrogen and oxygen atoms in total. The number of para-hydroxylation sites is 1. The third kappa shape index (κ3) is 3.30. The van der Waals surface area contributed by atoms with Crippen molar-refractivity contribution >= 4 is 10.9 Å². The highest BCUT2D eigenvalue weighted by Gasteiger charge is 2.20. The van der Waals surface area contributed by atoms with Gasteiger partial charge in [0.2, 0.25) is 11.3 Å². The molecule has 0 amide bonds. The van der Waals surface area contributed by atoms with Gasteiger partial charge in [-0.25, -0.2) is 4.39 Å². The second-order valence-electron chi connectivity index (χ2n) is 6.69. The quantitative estimate of drug-likeness (QED) is 0.473. The van der Waals surface area contributed by atoms with E-state index in [1.165, 1.54) is 26.4 Å². The molecule has 2 aromatic heterocycles. The molecule has 2 heterocycles. The molecule has 0 saturated heterocycles. The number of methoxy groups -OCH3 is 2. The first-order valence-corrected chi connectivity index (χ1v) is 9.45. The lowest BCUT2D eigenvalue weighted by Crippen LogP contribution is -2.12. The fraction of sp³-hybridized carbons (Fsp3) is 0.227. The van der Waals surface area contributed by atoms with Crippen molar-refractivity contribution in [2.24, 2.45) is 0 Å². The number of aryl methyl sites for hydroxylation is 1. The minimum Gasteiger partial charge on any atom is -0.493 e. The Morgan fingerprint density at radius 2 is 1.97 bits per heavy atom.